The van der Waals surface area contributed by atoms with E-state index in [1.54, 1.807) is 6.20 Å². The minimum atomic E-state index is -0.102. The van der Waals surface area contributed by atoms with Gasteiger partial charge >= 0.3 is 0 Å². The van der Waals surface area contributed by atoms with Gasteiger partial charge in [-0.05, 0) is 51.3 Å². The van der Waals surface area contributed by atoms with Crippen molar-refractivity contribution in [2.45, 2.75) is 44.2 Å². The number of nitrogens with two attached hydrogens (primary N) is 1. The molecule has 0 aromatic carbocycles. The SMILES string of the molecule is CNC(Cc1cnccc1N)C1(C)CCCCO1. The van der Waals surface area contributed by atoms with E-state index in [9.17, 15) is 0 Å². The van der Waals surface area contributed by atoms with Crippen molar-refractivity contribution < 1.29 is 4.74 Å². The van der Waals surface area contributed by atoms with Gasteiger partial charge in [0.15, 0.2) is 0 Å². The molecule has 1 aliphatic heterocycles. The summed E-state index contributed by atoms with van der Waals surface area (Å²) in [6.07, 6.45) is 7.93. The van der Waals surface area contributed by atoms with E-state index in [4.69, 9.17) is 10.5 Å². The minimum absolute atomic E-state index is 0.102. The zero-order valence-corrected chi connectivity index (χ0v) is 11.3. The molecule has 1 saturated heterocycles. The van der Waals surface area contributed by atoms with Crippen molar-refractivity contribution in [1.82, 2.24) is 10.3 Å². The Morgan fingerprint density at radius 3 is 3.00 bits per heavy atom. The predicted molar refractivity (Wildman–Crippen MR) is 73.4 cm³/mol. The van der Waals surface area contributed by atoms with Crippen LogP contribution in [0.5, 0.6) is 0 Å². The standard InChI is InChI=1S/C14H23N3O/c1-14(6-3-4-8-18-14)13(16-2)9-11-10-17-7-5-12(11)15/h5,7,10,13,16H,3-4,6,8-9H2,1-2H3,(H2,15,17). The molecule has 4 heteroatoms. The van der Waals surface area contributed by atoms with Gasteiger partial charge in [0, 0.05) is 30.7 Å². The van der Waals surface area contributed by atoms with Crippen molar-refractivity contribution in [1.29, 1.82) is 0 Å². The van der Waals surface area contributed by atoms with E-state index in [-0.39, 0.29) is 11.6 Å². The Kier molecular flexibility index (Phi) is 4.19. The summed E-state index contributed by atoms with van der Waals surface area (Å²) in [7, 11) is 1.99. The van der Waals surface area contributed by atoms with Crippen LogP contribution in [0.25, 0.3) is 0 Å². The van der Waals surface area contributed by atoms with E-state index in [0.29, 0.717) is 0 Å². The third-order valence-electron chi connectivity index (χ3n) is 3.95. The van der Waals surface area contributed by atoms with Gasteiger partial charge in [-0.1, -0.05) is 0 Å². The summed E-state index contributed by atoms with van der Waals surface area (Å²) < 4.78 is 6.01. The molecule has 18 heavy (non-hydrogen) atoms. The van der Waals surface area contributed by atoms with Gasteiger partial charge in [0.1, 0.15) is 0 Å². The van der Waals surface area contributed by atoms with Gasteiger partial charge in [0.05, 0.1) is 5.60 Å². The first-order valence-electron chi connectivity index (χ1n) is 6.65. The van der Waals surface area contributed by atoms with Crippen LogP contribution in [0.4, 0.5) is 5.69 Å². The number of hydrogen-bond donors (Lipinski definition) is 2. The molecule has 2 unspecified atom stereocenters. The Morgan fingerprint density at radius 2 is 2.39 bits per heavy atom. The Hall–Kier alpha value is -1.13. The number of anilines is 1. The van der Waals surface area contributed by atoms with E-state index in [1.807, 2.05) is 19.3 Å². The summed E-state index contributed by atoms with van der Waals surface area (Å²) >= 11 is 0. The van der Waals surface area contributed by atoms with Gasteiger partial charge in [-0.3, -0.25) is 4.98 Å². The molecule has 2 rings (SSSR count). The maximum absolute atomic E-state index is 6.01. The molecule has 3 N–H and O–H groups in total. The van der Waals surface area contributed by atoms with Gasteiger partial charge in [-0.2, -0.15) is 0 Å². The number of rotatable bonds is 4. The summed E-state index contributed by atoms with van der Waals surface area (Å²) in [4.78, 5) is 4.15. The summed E-state index contributed by atoms with van der Waals surface area (Å²) in [5.74, 6) is 0. The lowest BCUT2D eigenvalue weighted by atomic mass is 9.85. The van der Waals surface area contributed by atoms with Gasteiger partial charge < -0.3 is 15.8 Å². The fourth-order valence-corrected chi connectivity index (χ4v) is 2.68. The van der Waals surface area contributed by atoms with Gasteiger partial charge in [0.25, 0.3) is 0 Å². The molecule has 0 aliphatic carbocycles. The van der Waals surface area contributed by atoms with Crippen LogP contribution >= 0.6 is 0 Å². The first-order valence-corrected chi connectivity index (χ1v) is 6.65. The second-order valence-corrected chi connectivity index (χ2v) is 5.24. The average molecular weight is 249 g/mol. The molecule has 0 saturated carbocycles. The third-order valence-corrected chi connectivity index (χ3v) is 3.95. The number of aromatic nitrogens is 1. The van der Waals surface area contributed by atoms with Crippen molar-refractivity contribution >= 4 is 5.69 Å². The fourth-order valence-electron chi connectivity index (χ4n) is 2.68. The lowest BCUT2D eigenvalue weighted by Gasteiger charge is -2.40. The molecule has 100 valence electrons. The Balaban J connectivity index is 2.11. The number of pyridine rings is 1. The van der Waals surface area contributed by atoms with Crippen molar-refractivity contribution in [3.8, 4) is 0 Å². The van der Waals surface area contributed by atoms with Crippen molar-refractivity contribution in [3.05, 3.63) is 24.0 Å². The lowest BCUT2D eigenvalue weighted by Crippen LogP contribution is -2.52. The number of ether oxygens (including phenoxy) is 1. The van der Waals surface area contributed by atoms with Crippen molar-refractivity contribution in [2.24, 2.45) is 0 Å². The molecule has 2 atom stereocenters. The van der Waals surface area contributed by atoms with E-state index in [0.717, 1.165) is 30.7 Å². The van der Waals surface area contributed by atoms with Crippen LogP contribution in [0, 0.1) is 0 Å². The van der Waals surface area contributed by atoms with E-state index >= 15 is 0 Å². The van der Waals surface area contributed by atoms with Crippen molar-refractivity contribution in [3.63, 3.8) is 0 Å². The van der Waals surface area contributed by atoms with Crippen LogP contribution in [0.3, 0.4) is 0 Å². The topological polar surface area (TPSA) is 60.2 Å². The van der Waals surface area contributed by atoms with Crippen LogP contribution in [0.2, 0.25) is 0 Å². The minimum Gasteiger partial charge on any atom is -0.398 e. The fraction of sp³-hybridized carbons (Fsp3) is 0.643. The van der Waals surface area contributed by atoms with E-state index in [1.165, 1.54) is 12.8 Å². The Morgan fingerprint density at radius 1 is 1.56 bits per heavy atom. The second-order valence-electron chi connectivity index (χ2n) is 5.24. The van der Waals surface area contributed by atoms with Crippen LogP contribution in [-0.2, 0) is 11.2 Å². The monoisotopic (exact) mass is 249 g/mol. The summed E-state index contributed by atoms with van der Waals surface area (Å²) in [6.45, 7) is 3.05. The highest BCUT2D eigenvalue weighted by atomic mass is 16.5. The van der Waals surface area contributed by atoms with Crippen LogP contribution in [-0.4, -0.2) is 30.3 Å². The Labute approximate surface area is 109 Å². The normalized spacial score (nSPS) is 25.9. The highest BCUT2D eigenvalue weighted by Gasteiger charge is 2.36. The molecule has 0 spiro atoms. The van der Waals surface area contributed by atoms with E-state index in [2.05, 4.69) is 17.2 Å². The first-order chi connectivity index (χ1) is 8.65. The smallest absolute Gasteiger partial charge is 0.0809 e. The molecule has 1 aliphatic rings. The van der Waals surface area contributed by atoms with Crippen LogP contribution < -0.4 is 11.1 Å². The van der Waals surface area contributed by atoms with Crippen molar-refractivity contribution in [2.75, 3.05) is 19.4 Å². The summed E-state index contributed by atoms with van der Waals surface area (Å²) in [5, 5.41) is 3.38. The molecule has 0 amide bonds. The number of nitrogens with zero attached hydrogens (tertiary/aromatic N) is 1. The average Bonchev–Trinajstić information content (AvgIpc) is 2.38. The second kappa shape index (κ2) is 5.67. The van der Waals surface area contributed by atoms with Crippen LogP contribution in [0.1, 0.15) is 31.7 Å². The quantitative estimate of drug-likeness (QED) is 0.853. The molecule has 0 bridgehead atoms. The zero-order valence-electron chi connectivity index (χ0n) is 11.3. The summed E-state index contributed by atoms with van der Waals surface area (Å²) in [5.41, 5.74) is 7.79. The molecule has 2 heterocycles. The maximum Gasteiger partial charge on any atom is 0.0809 e. The molecule has 1 aromatic rings. The number of nitrogens with one attached hydrogen (secondary N) is 1. The predicted octanol–water partition coefficient (Wildman–Crippen LogP) is 1.75. The van der Waals surface area contributed by atoms with Gasteiger partial charge in [-0.25, -0.2) is 0 Å². The molecular weight excluding hydrogens is 226 g/mol. The largest absolute Gasteiger partial charge is 0.398 e. The maximum atomic E-state index is 6.01. The van der Waals surface area contributed by atoms with E-state index < -0.39 is 0 Å². The number of nitrogen functional groups attached to an aromatic ring is 1. The van der Waals surface area contributed by atoms with Crippen LogP contribution in [0.15, 0.2) is 18.5 Å². The third kappa shape index (κ3) is 2.82. The summed E-state index contributed by atoms with van der Waals surface area (Å²) in [6, 6.07) is 2.12. The molecule has 4 nitrogen and oxygen atoms in total. The highest BCUT2D eigenvalue weighted by molar-refractivity contribution is 5.44. The highest BCUT2D eigenvalue weighted by Crippen LogP contribution is 2.30. The lowest BCUT2D eigenvalue weighted by molar-refractivity contribution is -0.0870. The van der Waals surface area contributed by atoms with Gasteiger partial charge in [-0.15, -0.1) is 0 Å². The van der Waals surface area contributed by atoms with Gasteiger partial charge in [0.2, 0.25) is 0 Å². The molecule has 0 radical (unpaired) electrons. The Bertz CT molecular complexity index is 388. The molecule has 1 fully saturated rings. The molecular formula is C14H23N3O. The number of hydrogen-bond acceptors (Lipinski definition) is 4. The molecule has 1 aromatic heterocycles. The number of likely N-dealkylation sites (N-methyl/N-ethyl adjacent to an activating group) is 1. The first kappa shape index (κ1) is 13.3. The zero-order chi connectivity index (χ0) is 13.0.